The number of nitrogens with zero attached hydrogens (tertiary/aromatic N) is 4. The average Bonchev–Trinajstić information content (AvgIpc) is 3.42. The Balaban J connectivity index is 1.31. The number of nitrogens with one attached hydrogen (secondary N) is 2. The summed E-state index contributed by atoms with van der Waals surface area (Å²) in [4.78, 5) is 19.5. The van der Waals surface area contributed by atoms with E-state index in [1.165, 1.54) is 17.5 Å². The quantitative estimate of drug-likeness (QED) is 0.392. The third-order valence-corrected chi connectivity index (χ3v) is 8.86. The minimum absolute atomic E-state index is 0.249. The van der Waals surface area contributed by atoms with Gasteiger partial charge in [-0.1, -0.05) is 0 Å². The van der Waals surface area contributed by atoms with Crippen molar-refractivity contribution in [1.29, 1.82) is 0 Å². The summed E-state index contributed by atoms with van der Waals surface area (Å²) in [5.41, 5.74) is 4.06. The van der Waals surface area contributed by atoms with Crippen LogP contribution in [0.4, 0.5) is 11.8 Å². The number of fused-ring (bicyclic) bond motifs is 1. The first-order valence-electron chi connectivity index (χ1n) is 12.9. The van der Waals surface area contributed by atoms with E-state index in [2.05, 4.69) is 28.6 Å². The molecular formula is C26H34N6O2S. The van der Waals surface area contributed by atoms with E-state index in [1.807, 2.05) is 6.20 Å². The molecule has 3 fully saturated rings. The zero-order valence-corrected chi connectivity index (χ0v) is 21.3. The van der Waals surface area contributed by atoms with Gasteiger partial charge < -0.3 is 20.5 Å². The first-order valence-corrected chi connectivity index (χ1v) is 13.7. The van der Waals surface area contributed by atoms with Crippen LogP contribution in [0.1, 0.15) is 62.3 Å². The van der Waals surface area contributed by atoms with Crippen molar-refractivity contribution in [3.63, 3.8) is 0 Å². The summed E-state index contributed by atoms with van der Waals surface area (Å²) in [5.74, 6) is 3.00. The Hall–Kier alpha value is -2.36. The lowest BCUT2D eigenvalue weighted by molar-refractivity contribution is 0.00559. The van der Waals surface area contributed by atoms with E-state index >= 15 is 0 Å². The number of thiazole rings is 1. The molecular weight excluding hydrogens is 460 g/mol. The number of methoxy groups -OCH3 is 1. The molecule has 0 amide bonds. The molecule has 0 aromatic carbocycles. The van der Waals surface area contributed by atoms with Gasteiger partial charge in [-0.2, -0.15) is 4.98 Å². The maximum absolute atomic E-state index is 9.63. The van der Waals surface area contributed by atoms with E-state index < -0.39 is 0 Å². The van der Waals surface area contributed by atoms with Gasteiger partial charge in [0.05, 0.1) is 27.8 Å². The van der Waals surface area contributed by atoms with E-state index in [1.54, 1.807) is 18.4 Å². The van der Waals surface area contributed by atoms with Gasteiger partial charge in [0.2, 0.25) is 5.95 Å². The highest BCUT2D eigenvalue weighted by atomic mass is 32.1. The molecule has 3 N–H and O–H groups in total. The van der Waals surface area contributed by atoms with E-state index in [0.717, 1.165) is 71.9 Å². The monoisotopic (exact) mass is 494 g/mol. The number of rotatable bonds is 9. The van der Waals surface area contributed by atoms with Crippen molar-refractivity contribution in [2.24, 2.45) is 11.8 Å². The van der Waals surface area contributed by atoms with Crippen LogP contribution in [0.15, 0.2) is 12.3 Å². The summed E-state index contributed by atoms with van der Waals surface area (Å²) in [6, 6.07) is 2.36. The van der Waals surface area contributed by atoms with Crippen LogP contribution in [0.5, 0.6) is 0 Å². The van der Waals surface area contributed by atoms with E-state index in [-0.39, 0.29) is 6.61 Å². The molecule has 35 heavy (non-hydrogen) atoms. The van der Waals surface area contributed by atoms with Crippen LogP contribution in [-0.4, -0.2) is 57.4 Å². The third-order valence-electron chi connectivity index (χ3n) is 7.82. The van der Waals surface area contributed by atoms with Crippen LogP contribution in [0.2, 0.25) is 0 Å². The van der Waals surface area contributed by atoms with E-state index in [9.17, 15) is 5.11 Å². The molecule has 2 atom stereocenters. The molecule has 3 heterocycles. The van der Waals surface area contributed by atoms with Crippen molar-refractivity contribution < 1.29 is 9.84 Å². The van der Waals surface area contributed by atoms with Gasteiger partial charge in [-0.05, 0) is 69.8 Å². The fraction of sp³-hybridized carbons (Fsp3) is 0.615. The maximum atomic E-state index is 9.63. The van der Waals surface area contributed by atoms with Crippen molar-refractivity contribution in [2.45, 2.75) is 69.9 Å². The molecule has 0 saturated heterocycles. The van der Waals surface area contributed by atoms with Crippen molar-refractivity contribution in [2.75, 3.05) is 30.9 Å². The molecule has 3 aliphatic carbocycles. The summed E-state index contributed by atoms with van der Waals surface area (Å²) in [6.45, 7) is 3.15. The van der Waals surface area contributed by atoms with Gasteiger partial charge in [0.1, 0.15) is 16.3 Å². The molecule has 3 aromatic heterocycles. The number of anilines is 2. The Kier molecular flexibility index (Phi) is 6.32. The Bertz CT molecular complexity index is 1210. The van der Waals surface area contributed by atoms with Crippen molar-refractivity contribution in [3.05, 3.63) is 23.7 Å². The number of hydrogen-bond donors (Lipinski definition) is 3. The number of aliphatic hydroxyl groups is 1. The Morgan fingerprint density at radius 3 is 2.69 bits per heavy atom. The first-order chi connectivity index (χ1) is 17.1. The molecule has 0 aliphatic heterocycles. The normalized spacial score (nSPS) is 26.1. The van der Waals surface area contributed by atoms with Crippen molar-refractivity contribution in [1.82, 2.24) is 19.9 Å². The molecule has 0 radical (unpaired) electrons. The van der Waals surface area contributed by atoms with Crippen LogP contribution >= 0.6 is 11.3 Å². The van der Waals surface area contributed by atoms with Crippen LogP contribution in [0, 0.1) is 18.8 Å². The Morgan fingerprint density at radius 1 is 1.09 bits per heavy atom. The van der Waals surface area contributed by atoms with Gasteiger partial charge in [0, 0.05) is 38.4 Å². The van der Waals surface area contributed by atoms with E-state index in [0.29, 0.717) is 35.8 Å². The third kappa shape index (κ3) is 4.73. The summed E-state index contributed by atoms with van der Waals surface area (Å²) in [7, 11) is 1.79. The predicted octanol–water partition coefficient (Wildman–Crippen LogP) is 4.74. The molecule has 3 saturated carbocycles. The second kappa shape index (κ2) is 9.59. The minimum atomic E-state index is 0.249. The van der Waals surface area contributed by atoms with Gasteiger partial charge in [-0.15, -0.1) is 11.3 Å². The second-order valence-corrected chi connectivity index (χ2v) is 11.5. The lowest BCUT2D eigenvalue weighted by atomic mass is 9.82. The molecule has 6 rings (SSSR count). The SMILES string of the molecule is COC1CC(CNc2nc(C)c(-c3nc4c(C5CC5)nccc4s3)c(N[C@H]3CC[C@@H](CO)C3)n2)C1. The van der Waals surface area contributed by atoms with Gasteiger partial charge >= 0.3 is 0 Å². The highest BCUT2D eigenvalue weighted by Crippen LogP contribution is 2.44. The number of hydrogen-bond acceptors (Lipinski definition) is 9. The summed E-state index contributed by atoms with van der Waals surface area (Å²) < 4.78 is 6.59. The lowest BCUT2D eigenvalue weighted by Crippen LogP contribution is -2.35. The zero-order valence-electron chi connectivity index (χ0n) is 20.5. The van der Waals surface area contributed by atoms with Crippen molar-refractivity contribution >= 4 is 33.3 Å². The van der Waals surface area contributed by atoms with Crippen LogP contribution < -0.4 is 10.6 Å². The number of aromatic nitrogens is 4. The largest absolute Gasteiger partial charge is 0.396 e. The number of aryl methyl sites for hydroxylation is 1. The average molecular weight is 495 g/mol. The molecule has 0 spiro atoms. The molecule has 0 unspecified atom stereocenters. The second-order valence-electron chi connectivity index (χ2n) is 10.5. The first kappa shape index (κ1) is 23.1. The lowest BCUT2D eigenvalue weighted by Gasteiger charge is -2.34. The molecule has 3 aliphatic rings. The minimum Gasteiger partial charge on any atom is -0.396 e. The van der Waals surface area contributed by atoms with Gasteiger partial charge in [-0.3, -0.25) is 4.98 Å². The highest BCUT2D eigenvalue weighted by molar-refractivity contribution is 7.21. The van der Waals surface area contributed by atoms with Gasteiger partial charge in [0.15, 0.2) is 0 Å². The maximum Gasteiger partial charge on any atom is 0.224 e. The fourth-order valence-corrected chi connectivity index (χ4v) is 6.55. The standard InChI is InChI=1S/C26H34N6O2S/c1-14-21(25-31-23-20(35-25)7-8-27-22(23)17-4-5-17)24(30-18-6-3-15(9-18)13-33)32-26(29-14)28-12-16-10-19(11-16)34-2/h7-8,15-19,33H,3-6,9-13H2,1-2H3,(H2,28,29,30,32)/t15-,16?,18+,19?/m1/s1. The summed E-state index contributed by atoms with van der Waals surface area (Å²) in [6.07, 6.45) is 9.90. The van der Waals surface area contributed by atoms with Crippen LogP contribution in [0.25, 0.3) is 20.8 Å². The molecule has 0 bridgehead atoms. The van der Waals surface area contributed by atoms with Crippen LogP contribution in [-0.2, 0) is 4.74 Å². The predicted molar refractivity (Wildman–Crippen MR) is 139 cm³/mol. The summed E-state index contributed by atoms with van der Waals surface area (Å²) in [5, 5.41) is 17.8. The molecule has 186 valence electrons. The Morgan fingerprint density at radius 2 is 1.94 bits per heavy atom. The van der Waals surface area contributed by atoms with E-state index in [4.69, 9.17) is 19.7 Å². The fourth-order valence-electron chi connectivity index (χ4n) is 5.48. The van der Waals surface area contributed by atoms with Crippen molar-refractivity contribution in [3.8, 4) is 10.6 Å². The molecule has 3 aromatic rings. The number of pyridine rings is 1. The topological polar surface area (TPSA) is 105 Å². The van der Waals surface area contributed by atoms with Gasteiger partial charge in [0.25, 0.3) is 0 Å². The highest BCUT2D eigenvalue weighted by Gasteiger charge is 2.31. The molecule has 8 nitrogen and oxygen atoms in total. The summed E-state index contributed by atoms with van der Waals surface area (Å²) >= 11 is 1.70. The smallest absolute Gasteiger partial charge is 0.224 e. The van der Waals surface area contributed by atoms with Gasteiger partial charge in [-0.25, -0.2) is 9.97 Å². The van der Waals surface area contributed by atoms with Crippen LogP contribution in [0.3, 0.4) is 0 Å². The number of aliphatic hydroxyl groups excluding tert-OH is 1. The zero-order chi connectivity index (χ0) is 23.9. The molecule has 9 heteroatoms. The number of ether oxygens (including phenoxy) is 1. The Labute approximate surface area is 210 Å².